The predicted octanol–water partition coefficient (Wildman–Crippen LogP) is 14.8. The van der Waals surface area contributed by atoms with E-state index in [2.05, 4.69) is 196 Å². The maximum absolute atomic E-state index is 2.43. The molecule has 0 saturated heterocycles. The van der Waals surface area contributed by atoms with Crippen molar-refractivity contribution in [2.45, 2.75) is 19.3 Å². The standard InChI is InChI=1S/C53H36/c1-53(2)49-32-36-15-4-3-14-35(36)30-48(49)45-24-13-25-46(52(45)53)51-43-22-11-9-20-41(43)50(42-21-10-12-23-44(42)51)34-28-26-33(27-29-34)47-31-37-16-5-6-17-38(37)39-18-7-8-19-40(39)47/h3-32H,1-2H3. The minimum Gasteiger partial charge on any atom is -0.0616 e. The molecule has 0 spiro atoms. The van der Waals surface area contributed by atoms with Crippen molar-refractivity contribution in [3.05, 3.63) is 193 Å². The second kappa shape index (κ2) is 11.2. The first-order valence-electron chi connectivity index (χ1n) is 18.7. The smallest absolute Gasteiger partial charge is 0.0165 e. The molecule has 0 nitrogen and oxygen atoms in total. The summed E-state index contributed by atoms with van der Waals surface area (Å²) in [6, 6.07) is 67.9. The fraction of sp³-hybridized carbons (Fsp3) is 0.0566. The van der Waals surface area contributed by atoms with Crippen LogP contribution < -0.4 is 0 Å². The van der Waals surface area contributed by atoms with Gasteiger partial charge in [0.2, 0.25) is 0 Å². The normalized spacial score (nSPS) is 13.2. The van der Waals surface area contributed by atoms with E-state index in [1.54, 1.807) is 0 Å². The highest BCUT2D eigenvalue weighted by atomic mass is 14.4. The molecule has 0 heteroatoms. The van der Waals surface area contributed by atoms with Crippen molar-refractivity contribution < 1.29 is 0 Å². The molecule has 1 aliphatic carbocycles. The lowest BCUT2D eigenvalue weighted by Crippen LogP contribution is -2.16. The Morgan fingerprint density at radius 3 is 1.43 bits per heavy atom. The van der Waals surface area contributed by atoms with Gasteiger partial charge in [-0.05, 0) is 128 Å². The summed E-state index contributed by atoms with van der Waals surface area (Å²) in [5, 5.41) is 12.9. The Labute approximate surface area is 309 Å². The molecular weight excluding hydrogens is 637 g/mol. The SMILES string of the molecule is CC1(C)c2cc3ccccc3cc2-c2cccc(-c3c4ccccc4c(-c4ccc(-c5cc6ccccc6c6ccccc56)cc4)c4ccccc34)c21. The van der Waals surface area contributed by atoms with E-state index < -0.39 is 0 Å². The van der Waals surface area contributed by atoms with Crippen LogP contribution in [0.1, 0.15) is 25.0 Å². The highest BCUT2D eigenvalue weighted by Gasteiger charge is 2.38. The first kappa shape index (κ1) is 30.2. The van der Waals surface area contributed by atoms with Gasteiger partial charge in [-0.2, -0.15) is 0 Å². The van der Waals surface area contributed by atoms with Gasteiger partial charge in [0.1, 0.15) is 0 Å². The van der Waals surface area contributed by atoms with Gasteiger partial charge >= 0.3 is 0 Å². The van der Waals surface area contributed by atoms with Crippen LogP contribution in [0.15, 0.2) is 182 Å². The van der Waals surface area contributed by atoms with E-state index in [0.717, 1.165) is 0 Å². The van der Waals surface area contributed by atoms with E-state index in [4.69, 9.17) is 0 Å². The first-order valence-corrected chi connectivity index (χ1v) is 18.7. The average molecular weight is 673 g/mol. The van der Waals surface area contributed by atoms with Crippen LogP contribution in [-0.2, 0) is 5.41 Å². The molecule has 248 valence electrons. The van der Waals surface area contributed by atoms with E-state index in [1.807, 2.05) is 0 Å². The van der Waals surface area contributed by atoms with Crippen LogP contribution >= 0.6 is 0 Å². The third-order valence-corrected chi connectivity index (χ3v) is 12.0. The van der Waals surface area contributed by atoms with Crippen LogP contribution in [0.5, 0.6) is 0 Å². The Balaban J connectivity index is 1.13. The molecule has 10 aromatic rings. The molecular formula is C53H36. The number of hydrogen-bond donors (Lipinski definition) is 0. The molecule has 0 aromatic heterocycles. The molecule has 0 heterocycles. The molecule has 0 bridgehead atoms. The van der Waals surface area contributed by atoms with Crippen molar-refractivity contribution in [2.75, 3.05) is 0 Å². The molecule has 0 aliphatic heterocycles. The van der Waals surface area contributed by atoms with Crippen LogP contribution in [0, 0.1) is 0 Å². The zero-order valence-electron chi connectivity index (χ0n) is 29.8. The maximum atomic E-state index is 2.43. The molecule has 0 atom stereocenters. The van der Waals surface area contributed by atoms with E-state index in [1.165, 1.54) is 109 Å². The van der Waals surface area contributed by atoms with E-state index in [0.29, 0.717) is 0 Å². The van der Waals surface area contributed by atoms with Crippen molar-refractivity contribution in [3.8, 4) is 44.5 Å². The topological polar surface area (TPSA) is 0 Å². The lowest BCUT2D eigenvalue weighted by atomic mass is 9.76. The summed E-state index contributed by atoms with van der Waals surface area (Å²) in [5.74, 6) is 0. The van der Waals surface area contributed by atoms with Gasteiger partial charge in [0.15, 0.2) is 0 Å². The average Bonchev–Trinajstić information content (AvgIpc) is 3.44. The van der Waals surface area contributed by atoms with Gasteiger partial charge in [-0.1, -0.05) is 178 Å². The van der Waals surface area contributed by atoms with Crippen LogP contribution in [0.2, 0.25) is 0 Å². The van der Waals surface area contributed by atoms with E-state index >= 15 is 0 Å². The van der Waals surface area contributed by atoms with Gasteiger partial charge in [0.05, 0.1) is 0 Å². The number of benzene rings is 10. The van der Waals surface area contributed by atoms with Gasteiger partial charge < -0.3 is 0 Å². The quantitative estimate of drug-likeness (QED) is 0.129. The summed E-state index contributed by atoms with van der Waals surface area (Å²) in [7, 11) is 0. The Kier molecular flexibility index (Phi) is 6.40. The maximum Gasteiger partial charge on any atom is 0.0165 e. The van der Waals surface area contributed by atoms with Crippen LogP contribution in [0.25, 0.3) is 98.4 Å². The summed E-state index contributed by atoms with van der Waals surface area (Å²) < 4.78 is 0. The molecule has 0 saturated carbocycles. The number of rotatable bonds is 3. The van der Waals surface area contributed by atoms with Gasteiger partial charge in [-0.15, -0.1) is 0 Å². The Bertz CT molecular complexity index is 3060. The third kappa shape index (κ3) is 4.36. The third-order valence-electron chi connectivity index (χ3n) is 12.0. The summed E-state index contributed by atoms with van der Waals surface area (Å²) in [6.07, 6.45) is 0. The lowest BCUT2D eigenvalue weighted by Gasteiger charge is -2.26. The second-order valence-electron chi connectivity index (χ2n) is 15.2. The predicted molar refractivity (Wildman–Crippen MR) is 228 cm³/mol. The molecule has 0 radical (unpaired) electrons. The largest absolute Gasteiger partial charge is 0.0616 e. The van der Waals surface area contributed by atoms with Gasteiger partial charge in [0.25, 0.3) is 0 Å². The van der Waals surface area contributed by atoms with Crippen molar-refractivity contribution in [3.63, 3.8) is 0 Å². The van der Waals surface area contributed by atoms with E-state index in [-0.39, 0.29) is 5.41 Å². The molecule has 10 aromatic carbocycles. The van der Waals surface area contributed by atoms with Crippen LogP contribution in [0.3, 0.4) is 0 Å². The van der Waals surface area contributed by atoms with Crippen LogP contribution in [0.4, 0.5) is 0 Å². The minimum absolute atomic E-state index is 0.158. The van der Waals surface area contributed by atoms with Crippen molar-refractivity contribution in [2.24, 2.45) is 0 Å². The molecule has 53 heavy (non-hydrogen) atoms. The second-order valence-corrected chi connectivity index (χ2v) is 15.2. The Morgan fingerprint density at radius 1 is 0.302 bits per heavy atom. The zero-order valence-corrected chi connectivity index (χ0v) is 29.8. The fourth-order valence-electron chi connectivity index (χ4n) is 9.61. The molecule has 0 N–H and O–H groups in total. The summed E-state index contributed by atoms with van der Waals surface area (Å²) in [4.78, 5) is 0. The number of fused-ring (bicyclic) bond motifs is 9. The molecule has 11 rings (SSSR count). The lowest BCUT2D eigenvalue weighted by molar-refractivity contribution is 0.663. The van der Waals surface area contributed by atoms with Crippen molar-refractivity contribution >= 4 is 53.9 Å². The van der Waals surface area contributed by atoms with Gasteiger partial charge in [-0.25, -0.2) is 0 Å². The summed E-state index contributed by atoms with van der Waals surface area (Å²) in [6.45, 7) is 4.82. The summed E-state index contributed by atoms with van der Waals surface area (Å²) >= 11 is 0. The molecule has 0 fully saturated rings. The fourth-order valence-corrected chi connectivity index (χ4v) is 9.61. The summed E-state index contributed by atoms with van der Waals surface area (Å²) in [5.41, 5.74) is 13.0. The monoisotopic (exact) mass is 672 g/mol. The van der Waals surface area contributed by atoms with Gasteiger partial charge in [0, 0.05) is 5.41 Å². The highest BCUT2D eigenvalue weighted by molar-refractivity contribution is 6.22. The first-order chi connectivity index (χ1) is 26.1. The molecule has 1 aliphatic rings. The van der Waals surface area contributed by atoms with Crippen molar-refractivity contribution in [1.82, 2.24) is 0 Å². The minimum atomic E-state index is -0.158. The van der Waals surface area contributed by atoms with Crippen LogP contribution in [-0.4, -0.2) is 0 Å². The zero-order chi connectivity index (χ0) is 35.3. The van der Waals surface area contributed by atoms with E-state index in [9.17, 15) is 0 Å². The Morgan fingerprint density at radius 2 is 0.774 bits per heavy atom. The Hall–Kier alpha value is -6.50. The van der Waals surface area contributed by atoms with Gasteiger partial charge in [-0.3, -0.25) is 0 Å². The van der Waals surface area contributed by atoms with Crippen molar-refractivity contribution in [1.29, 1.82) is 0 Å². The number of hydrogen-bond acceptors (Lipinski definition) is 0. The highest BCUT2D eigenvalue weighted by Crippen LogP contribution is 2.55. The molecule has 0 amide bonds. The molecule has 0 unspecified atom stereocenters.